The van der Waals surface area contributed by atoms with Gasteiger partial charge in [0.15, 0.2) is 0 Å². The van der Waals surface area contributed by atoms with Gasteiger partial charge in [0.05, 0.1) is 59.5 Å². The number of hydrogen-bond acceptors (Lipinski definition) is 7. The molecule has 8 heteroatoms. The lowest BCUT2D eigenvalue weighted by Crippen LogP contribution is -2.58. The fourth-order valence-electron chi connectivity index (χ4n) is 3.37. The van der Waals surface area contributed by atoms with E-state index < -0.39 is 9.05 Å². The second-order valence-corrected chi connectivity index (χ2v) is 10.9. The van der Waals surface area contributed by atoms with Gasteiger partial charge in [-0.05, 0) is 19.3 Å². The molecule has 3 heterocycles. The van der Waals surface area contributed by atoms with Gasteiger partial charge in [-0.1, -0.05) is 20.8 Å². The second-order valence-electron chi connectivity index (χ2n) is 8.61. The van der Waals surface area contributed by atoms with Crippen molar-refractivity contribution < 1.29 is 31.9 Å². The predicted molar refractivity (Wildman–Crippen MR) is 101 cm³/mol. The maximum atomic E-state index is 6.30. The summed E-state index contributed by atoms with van der Waals surface area (Å²) >= 11 is 0. The molecule has 3 aliphatic rings. The zero-order chi connectivity index (χ0) is 19.4. The summed E-state index contributed by atoms with van der Waals surface area (Å²) in [6.45, 7) is 12.4. The van der Waals surface area contributed by atoms with Gasteiger partial charge in [0.25, 0.3) is 0 Å². The van der Waals surface area contributed by atoms with E-state index in [1.807, 2.05) is 0 Å². The Kier molecular flexibility index (Phi) is 7.01. The molecule has 0 aromatic heterocycles. The van der Waals surface area contributed by atoms with Crippen molar-refractivity contribution in [2.75, 3.05) is 66.6 Å². The predicted octanol–water partition coefficient (Wildman–Crippen LogP) is 2.40. The van der Waals surface area contributed by atoms with Gasteiger partial charge in [-0.15, -0.1) is 0 Å². The summed E-state index contributed by atoms with van der Waals surface area (Å²) in [5, 5.41) is 0. The quantitative estimate of drug-likeness (QED) is 0.437. The van der Waals surface area contributed by atoms with Gasteiger partial charge in [-0.25, -0.2) is 0 Å². The third-order valence-corrected chi connectivity index (χ3v) is 8.61. The van der Waals surface area contributed by atoms with Crippen molar-refractivity contribution in [1.82, 2.24) is 0 Å². The van der Waals surface area contributed by atoms with Crippen molar-refractivity contribution in [2.45, 2.75) is 40.0 Å². The van der Waals surface area contributed by atoms with Crippen molar-refractivity contribution in [3.05, 3.63) is 0 Å². The minimum atomic E-state index is -3.26. The van der Waals surface area contributed by atoms with Gasteiger partial charge in [0, 0.05) is 23.4 Å². The van der Waals surface area contributed by atoms with Crippen LogP contribution in [0.25, 0.3) is 0 Å². The van der Waals surface area contributed by atoms with E-state index in [2.05, 4.69) is 20.8 Å². The largest absolute Gasteiger partial charge is 0.679 e. The average Bonchev–Trinajstić information content (AvgIpc) is 2.59. The third kappa shape index (κ3) is 4.58. The summed E-state index contributed by atoms with van der Waals surface area (Å²) in [6.07, 6.45) is 3.00. The molecule has 0 atom stereocenters. The Morgan fingerprint density at radius 1 is 0.630 bits per heavy atom. The summed E-state index contributed by atoms with van der Waals surface area (Å²) < 4.78 is 41.0. The molecule has 3 saturated heterocycles. The molecule has 158 valence electrons. The normalized spacial score (nSPS) is 25.3. The monoisotopic (exact) mass is 404 g/mol. The highest BCUT2D eigenvalue weighted by Gasteiger charge is 2.53. The lowest BCUT2D eigenvalue weighted by molar-refractivity contribution is -0.182. The molecular formula is C19H36O7Si. The van der Waals surface area contributed by atoms with Gasteiger partial charge in [0.1, 0.15) is 0 Å². The van der Waals surface area contributed by atoms with E-state index in [9.17, 15) is 0 Å². The Morgan fingerprint density at radius 3 is 1.07 bits per heavy atom. The van der Waals surface area contributed by atoms with Crippen molar-refractivity contribution in [3.8, 4) is 0 Å². The first-order chi connectivity index (χ1) is 13.0. The van der Waals surface area contributed by atoms with Crippen LogP contribution in [-0.4, -0.2) is 75.6 Å². The number of hydrogen-bond donors (Lipinski definition) is 0. The first-order valence-corrected chi connectivity index (χ1v) is 11.8. The molecule has 0 aliphatic carbocycles. The summed E-state index contributed by atoms with van der Waals surface area (Å²) in [5.74, 6) is 0. The van der Waals surface area contributed by atoms with Gasteiger partial charge in [-0.2, -0.15) is 0 Å². The van der Waals surface area contributed by atoms with E-state index in [1.54, 1.807) is 7.11 Å². The Bertz CT molecular complexity index is 394. The number of ether oxygens (including phenoxy) is 3. The van der Waals surface area contributed by atoms with Gasteiger partial charge in [0.2, 0.25) is 0 Å². The first-order valence-electron chi connectivity index (χ1n) is 10.2. The lowest BCUT2D eigenvalue weighted by atomic mass is 9.84. The van der Waals surface area contributed by atoms with Crippen molar-refractivity contribution in [1.29, 1.82) is 0 Å². The molecule has 27 heavy (non-hydrogen) atoms. The third-order valence-electron chi connectivity index (χ3n) is 6.61. The molecule has 0 N–H and O–H groups in total. The Hall–Kier alpha value is -0.0631. The SMILES string of the molecule is CCC1(CO[Si](OC)(OCC2(CC)COC2)OCC2(CC)COC2)COC1. The molecule has 0 aromatic rings. The minimum absolute atomic E-state index is 0.0492. The van der Waals surface area contributed by atoms with Crippen molar-refractivity contribution >= 4 is 9.05 Å². The van der Waals surface area contributed by atoms with Crippen LogP contribution in [0.15, 0.2) is 0 Å². The summed E-state index contributed by atoms with van der Waals surface area (Å²) in [5.41, 5.74) is 0.147. The maximum absolute atomic E-state index is 6.30. The first kappa shape index (κ1) is 21.6. The Labute approximate surface area is 164 Å². The van der Waals surface area contributed by atoms with Gasteiger partial charge < -0.3 is 31.9 Å². The van der Waals surface area contributed by atoms with Crippen LogP contribution in [0.1, 0.15) is 40.0 Å². The smallest absolute Gasteiger partial charge is 0.380 e. The Morgan fingerprint density at radius 2 is 0.926 bits per heavy atom. The molecule has 3 rings (SSSR count). The molecule has 7 nitrogen and oxygen atoms in total. The molecule has 0 saturated carbocycles. The number of rotatable bonds is 13. The molecule has 0 amide bonds. The molecule has 0 aromatic carbocycles. The van der Waals surface area contributed by atoms with Gasteiger partial charge in [-0.3, -0.25) is 0 Å². The van der Waals surface area contributed by atoms with Crippen LogP contribution >= 0.6 is 0 Å². The maximum Gasteiger partial charge on any atom is 0.679 e. The fraction of sp³-hybridized carbons (Fsp3) is 1.00. The van der Waals surface area contributed by atoms with Crippen molar-refractivity contribution in [3.63, 3.8) is 0 Å². The molecule has 0 spiro atoms. The highest BCUT2D eigenvalue weighted by molar-refractivity contribution is 6.53. The molecule has 0 unspecified atom stereocenters. The lowest BCUT2D eigenvalue weighted by Gasteiger charge is -2.45. The molecule has 0 bridgehead atoms. The minimum Gasteiger partial charge on any atom is -0.380 e. The van der Waals surface area contributed by atoms with E-state index in [4.69, 9.17) is 31.9 Å². The molecule has 3 aliphatic heterocycles. The Balaban J connectivity index is 1.64. The van der Waals surface area contributed by atoms with Crippen LogP contribution in [0.2, 0.25) is 0 Å². The topological polar surface area (TPSA) is 64.6 Å². The standard InChI is InChI=1S/C19H36O7Si/c1-5-17(8-21-9-17)14-24-27(20-4,25-15-18(6-2)10-22-11-18)26-16-19(7-3)12-23-13-19/h5-16H2,1-4H3. The average molecular weight is 405 g/mol. The summed E-state index contributed by atoms with van der Waals surface area (Å²) in [7, 11) is -1.63. The fourth-order valence-corrected chi connectivity index (χ4v) is 5.42. The van der Waals surface area contributed by atoms with Crippen LogP contribution < -0.4 is 0 Å². The summed E-state index contributed by atoms with van der Waals surface area (Å²) in [4.78, 5) is 0. The zero-order valence-electron chi connectivity index (χ0n) is 17.3. The van der Waals surface area contributed by atoms with E-state index in [-0.39, 0.29) is 16.2 Å². The van der Waals surface area contributed by atoms with E-state index in [1.165, 1.54) is 0 Å². The van der Waals surface area contributed by atoms with Crippen LogP contribution in [0.4, 0.5) is 0 Å². The highest BCUT2D eigenvalue weighted by Crippen LogP contribution is 2.37. The zero-order valence-corrected chi connectivity index (χ0v) is 18.3. The molecular weight excluding hydrogens is 368 g/mol. The van der Waals surface area contributed by atoms with Crippen LogP contribution in [0, 0.1) is 16.2 Å². The van der Waals surface area contributed by atoms with Gasteiger partial charge >= 0.3 is 9.05 Å². The van der Waals surface area contributed by atoms with Crippen LogP contribution in [-0.2, 0) is 31.9 Å². The molecule has 0 radical (unpaired) electrons. The second kappa shape index (κ2) is 8.75. The van der Waals surface area contributed by atoms with Crippen LogP contribution in [0.5, 0.6) is 0 Å². The molecule has 3 fully saturated rings. The van der Waals surface area contributed by atoms with E-state index in [0.717, 1.165) is 58.9 Å². The van der Waals surface area contributed by atoms with Crippen LogP contribution in [0.3, 0.4) is 0 Å². The van der Waals surface area contributed by atoms with Crippen molar-refractivity contribution in [2.24, 2.45) is 16.2 Å². The highest BCUT2D eigenvalue weighted by atomic mass is 28.4. The van der Waals surface area contributed by atoms with E-state index in [0.29, 0.717) is 19.8 Å². The summed E-state index contributed by atoms with van der Waals surface area (Å²) in [6, 6.07) is 0. The van der Waals surface area contributed by atoms with E-state index >= 15 is 0 Å².